The summed E-state index contributed by atoms with van der Waals surface area (Å²) in [5.41, 5.74) is 29.0. The van der Waals surface area contributed by atoms with Crippen molar-refractivity contribution in [1.29, 1.82) is 0 Å². The Morgan fingerprint density at radius 2 is 0.503 bits per heavy atom. The molecular weight excluding hydrogens is 1750 g/mol. The molecule has 1 aliphatic rings. The Balaban J connectivity index is 0.000000144. The minimum atomic E-state index is -0.298. The molecular formula is C137H93N5S. The summed E-state index contributed by atoms with van der Waals surface area (Å²) in [4.78, 5) is 9.65. The summed E-state index contributed by atoms with van der Waals surface area (Å²) in [5.74, 6) is 0. The number of para-hydroxylation sites is 5. The number of anilines is 12. The number of hydrogen-bond donors (Lipinski definition) is 0. The van der Waals surface area contributed by atoms with Gasteiger partial charge in [0.15, 0.2) is 0 Å². The summed E-state index contributed by atoms with van der Waals surface area (Å²) in [6, 6.07) is 194. The smallest absolute Gasteiger partial charge is 0.0541 e. The molecule has 0 saturated heterocycles. The van der Waals surface area contributed by atoms with Crippen LogP contribution in [0.15, 0.2) is 528 Å². The molecule has 5 nitrogen and oxygen atoms in total. The van der Waals surface area contributed by atoms with Crippen LogP contribution in [-0.4, -0.2) is 4.57 Å². The van der Waals surface area contributed by atoms with Gasteiger partial charge in [0.25, 0.3) is 0 Å². The highest BCUT2D eigenvalue weighted by Gasteiger charge is 2.38. The van der Waals surface area contributed by atoms with E-state index in [2.05, 4.69) is 566 Å². The third-order valence-electron chi connectivity index (χ3n) is 29.7. The maximum atomic E-state index is 2.52. The van der Waals surface area contributed by atoms with Gasteiger partial charge in [-0.05, 0) is 313 Å². The third-order valence-corrected chi connectivity index (χ3v) is 30.9. The molecule has 672 valence electrons. The van der Waals surface area contributed by atoms with E-state index in [0.29, 0.717) is 0 Å². The van der Waals surface area contributed by atoms with Crippen molar-refractivity contribution in [3.63, 3.8) is 0 Å². The van der Waals surface area contributed by atoms with E-state index in [1.54, 1.807) is 0 Å². The number of benzene rings is 25. The van der Waals surface area contributed by atoms with E-state index in [-0.39, 0.29) is 5.41 Å². The first-order valence-electron chi connectivity index (χ1n) is 49.3. The number of thiophene rings is 1. The third kappa shape index (κ3) is 14.4. The monoisotopic (exact) mass is 1840 g/mol. The van der Waals surface area contributed by atoms with Crippen LogP contribution in [0.25, 0.3) is 178 Å². The standard InChI is InChI=1S/C73H51N3.C64H42N2S/c1-73(2)68-46-53(74(49-20-6-3-7-21-49)50-22-8-4-9-23-50)36-39-62(68)63-40-37-54(47-69(63)73)75(52-35-38-61-59-29-13-12-27-57(59)58-28-14-15-30-60(58)66(61)45-52)71-43-41-55(56-26-16-17-31-64(56)71)48-34-42-72-67(44-48)65-32-18-19-33-70(65)76(72)51-24-10-5-11-25-51;1-2-15-48(16-3-1)66(62-23-12-14-46-13-4-5-17-53(46)62)51-36-27-44(28-37-51)43-25-32-49(33-26-43)65(52-38-39-58-56-20-7-6-18-54(56)55-19-8-9-21-57(55)60(58)42-52)50-34-29-45(30-35-50)47-31-40-64-61(41-47)59-22-10-11-24-63(59)67-64/h3-47H,1-2H3;1-42H. The van der Waals surface area contributed by atoms with Crippen molar-refractivity contribution in [1.82, 2.24) is 4.57 Å². The minimum absolute atomic E-state index is 0.298. The SMILES string of the molecule is CC1(C)c2cc(N(c3ccccc3)c3ccccc3)ccc2-c2ccc(N(c3ccc4c5ccccc5c5ccccc5c4c3)c3ccc(-c4ccc5c(c4)c4ccccc4n5-c4ccccc4)c4ccccc34)cc21.c1ccc(N(c2ccc(-c3ccc(N(c4ccc(-c5ccc6sc7ccccc7c6c5)cc4)c4ccc5c6ccccc6c6ccccc6c5c4)cc3)cc2)c2cccc3ccccc23)cc1. The molecule has 2 heterocycles. The fourth-order valence-corrected chi connectivity index (χ4v) is 24.1. The van der Waals surface area contributed by atoms with Gasteiger partial charge in [-0.2, -0.15) is 0 Å². The van der Waals surface area contributed by atoms with Crippen LogP contribution in [0, 0.1) is 0 Å². The summed E-state index contributed by atoms with van der Waals surface area (Å²) in [7, 11) is 0. The molecule has 25 aromatic carbocycles. The summed E-state index contributed by atoms with van der Waals surface area (Å²) in [6.45, 7) is 4.80. The van der Waals surface area contributed by atoms with Crippen molar-refractivity contribution < 1.29 is 0 Å². The zero-order chi connectivity index (χ0) is 94.7. The Kier molecular flexibility index (Phi) is 20.4. The summed E-state index contributed by atoms with van der Waals surface area (Å²) < 4.78 is 5.04. The molecule has 0 fully saturated rings. The van der Waals surface area contributed by atoms with Crippen LogP contribution >= 0.6 is 11.3 Å². The topological polar surface area (TPSA) is 17.9 Å². The summed E-state index contributed by atoms with van der Waals surface area (Å²) in [6.07, 6.45) is 0. The molecule has 6 heteroatoms. The molecule has 0 unspecified atom stereocenters. The molecule has 2 aromatic heterocycles. The maximum Gasteiger partial charge on any atom is 0.0541 e. The molecule has 0 saturated carbocycles. The van der Waals surface area contributed by atoms with Gasteiger partial charge in [-0.3, -0.25) is 0 Å². The van der Waals surface area contributed by atoms with Gasteiger partial charge < -0.3 is 24.2 Å². The van der Waals surface area contributed by atoms with Gasteiger partial charge in [0.05, 0.1) is 22.4 Å². The number of aromatic nitrogens is 1. The van der Waals surface area contributed by atoms with Gasteiger partial charge >= 0.3 is 0 Å². The lowest BCUT2D eigenvalue weighted by atomic mass is 9.82. The Morgan fingerprint density at radius 3 is 1.04 bits per heavy atom. The van der Waals surface area contributed by atoms with E-state index in [9.17, 15) is 0 Å². The average Bonchev–Trinajstić information content (AvgIpc) is 1.60. The molecule has 0 atom stereocenters. The normalized spacial score (nSPS) is 12.2. The summed E-state index contributed by atoms with van der Waals surface area (Å²) in [5, 5.41) is 25.1. The van der Waals surface area contributed by atoms with Gasteiger partial charge in [0.1, 0.15) is 0 Å². The summed E-state index contributed by atoms with van der Waals surface area (Å²) >= 11 is 1.86. The van der Waals surface area contributed by atoms with E-state index < -0.39 is 0 Å². The highest BCUT2D eigenvalue weighted by atomic mass is 32.1. The van der Waals surface area contributed by atoms with Crippen molar-refractivity contribution in [2.45, 2.75) is 19.3 Å². The predicted molar refractivity (Wildman–Crippen MR) is 613 cm³/mol. The second-order valence-corrected chi connectivity index (χ2v) is 39.2. The first-order chi connectivity index (χ1) is 70.7. The van der Waals surface area contributed by atoms with E-state index in [1.165, 1.54) is 173 Å². The molecule has 0 aliphatic heterocycles. The van der Waals surface area contributed by atoms with Crippen molar-refractivity contribution in [2.24, 2.45) is 0 Å². The van der Waals surface area contributed by atoms with Gasteiger partial charge in [-0.1, -0.05) is 360 Å². The van der Waals surface area contributed by atoms with Crippen molar-refractivity contribution in [3.05, 3.63) is 539 Å². The van der Waals surface area contributed by atoms with Crippen molar-refractivity contribution >= 4 is 208 Å². The molecule has 27 aromatic rings. The fourth-order valence-electron chi connectivity index (χ4n) is 23.0. The lowest BCUT2D eigenvalue weighted by molar-refractivity contribution is 0.660. The molecule has 28 rings (SSSR count). The van der Waals surface area contributed by atoms with E-state index >= 15 is 0 Å². The van der Waals surface area contributed by atoms with Crippen molar-refractivity contribution in [3.8, 4) is 50.2 Å². The number of rotatable bonds is 16. The molecule has 0 amide bonds. The highest BCUT2D eigenvalue weighted by Crippen LogP contribution is 2.56. The lowest BCUT2D eigenvalue weighted by Crippen LogP contribution is -2.17. The molecule has 0 bridgehead atoms. The first-order valence-corrected chi connectivity index (χ1v) is 50.1. The largest absolute Gasteiger partial charge is 0.310 e. The van der Waals surface area contributed by atoms with Crippen molar-refractivity contribution in [2.75, 3.05) is 19.6 Å². The highest BCUT2D eigenvalue weighted by molar-refractivity contribution is 7.25. The predicted octanol–water partition coefficient (Wildman–Crippen LogP) is 39.3. The number of hydrogen-bond acceptors (Lipinski definition) is 5. The Morgan fingerprint density at radius 1 is 0.175 bits per heavy atom. The second kappa shape index (κ2) is 34.7. The fraction of sp³-hybridized carbons (Fsp3) is 0.0219. The second-order valence-electron chi connectivity index (χ2n) is 38.1. The van der Waals surface area contributed by atoms with Crippen LogP contribution in [0.4, 0.5) is 68.2 Å². The Bertz CT molecular complexity index is 9580. The van der Waals surface area contributed by atoms with E-state index in [1.807, 2.05) is 11.3 Å². The number of fused-ring (bicyclic) bond motifs is 23. The lowest BCUT2D eigenvalue weighted by Gasteiger charge is -2.30. The van der Waals surface area contributed by atoms with Crippen LogP contribution in [0.1, 0.15) is 25.0 Å². The minimum Gasteiger partial charge on any atom is -0.310 e. The van der Waals surface area contributed by atoms with Crippen LogP contribution in [0.3, 0.4) is 0 Å². The van der Waals surface area contributed by atoms with Gasteiger partial charge in [-0.25, -0.2) is 0 Å². The number of nitrogens with zero attached hydrogens (tertiary/aromatic N) is 5. The van der Waals surface area contributed by atoms with E-state index in [4.69, 9.17) is 0 Å². The zero-order valence-corrected chi connectivity index (χ0v) is 79.7. The van der Waals surface area contributed by atoms with Crippen LogP contribution in [-0.2, 0) is 5.41 Å². The molecule has 143 heavy (non-hydrogen) atoms. The Labute approximate surface area is 834 Å². The van der Waals surface area contributed by atoms with Gasteiger partial charge in [-0.15, -0.1) is 11.3 Å². The molecule has 0 N–H and O–H groups in total. The quantitative estimate of drug-likeness (QED) is 0.0897. The van der Waals surface area contributed by atoms with Crippen LogP contribution < -0.4 is 19.6 Å². The van der Waals surface area contributed by atoms with E-state index in [0.717, 1.165) is 85.1 Å². The molecule has 0 radical (unpaired) electrons. The van der Waals surface area contributed by atoms with Gasteiger partial charge in [0, 0.05) is 110 Å². The van der Waals surface area contributed by atoms with Crippen LogP contribution in [0.2, 0.25) is 0 Å². The molecule has 0 spiro atoms. The van der Waals surface area contributed by atoms with Crippen LogP contribution in [0.5, 0.6) is 0 Å². The first kappa shape index (κ1) is 84.1. The Hall–Kier alpha value is -18.2. The molecule has 1 aliphatic carbocycles. The van der Waals surface area contributed by atoms with Gasteiger partial charge in [0.2, 0.25) is 0 Å². The zero-order valence-electron chi connectivity index (χ0n) is 78.9. The maximum absolute atomic E-state index is 2.52. The average molecular weight is 1840 g/mol.